The van der Waals surface area contributed by atoms with Gasteiger partial charge in [-0.15, -0.1) is 5.10 Å². The van der Waals surface area contributed by atoms with Crippen molar-refractivity contribution in [3.63, 3.8) is 0 Å². The highest BCUT2D eigenvalue weighted by Gasteiger charge is 2.27. The minimum Gasteiger partial charge on any atom is -0.330 e. The quantitative estimate of drug-likeness (QED) is 0.873. The summed E-state index contributed by atoms with van der Waals surface area (Å²) >= 11 is 0. The summed E-state index contributed by atoms with van der Waals surface area (Å²) in [5.74, 6) is 1.32. The van der Waals surface area contributed by atoms with Crippen LogP contribution in [-0.2, 0) is 13.0 Å². The molecule has 18 heavy (non-hydrogen) atoms. The number of fused-ring (bicyclic) bond motifs is 1. The normalized spacial score (nSPS) is 17.9. The van der Waals surface area contributed by atoms with Crippen LogP contribution < -0.4 is 5.73 Å². The maximum Gasteiger partial charge on any atom is 0.158 e. The summed E-state index contributed by atoms with van der Waals surface area (Å²) in [4.78, 5) is 0. The van der Waals surface area contributed by atoms with E-state index in [1.165, 1.54) is 11.1 Å². The average Bonchev–Trinajstić information content (AvgIpc) is 3.02. The van der Waals surface area contributed by atoms with Crippen LogP contribution in [-0.4, -0.2) is 26.8 Å². The highest BCUT2D eigenvalue weighted by atomic mass is 15.5. The Morgan fingerprint density at radius 1 is 1.33 bits per heavy atom. The lowest BCUT2D eigenvalue weighted by Crippen LogP contribution is -2.13. The third-order valence-corrected chi connectivity index (χ3v) is 3.58. The molecular weight excluding hydrogens is 226 g/mol. The van der Waals surface area contributed by atoms with E-state index in [-0.39, 0.29) is 0 Å². The molecule has 0 amide bonds. The maximum atomic E-state index is 5.54. The lowest BCUT2D eigenvalue weighted by Gasteiger charge is -2.11. The summed E-state index contributed by atoms with van der Waals surface area (Å²) in [6.45, 7) is 1.47. The van der Waals surface area contributed by atoms with Gasteiger partial charge in [-0.05, 0) is 47.4 Å². The number of aromatic nitrogens is 4. The molecule has 5 heteroatoms. The van der Waals surface area contributed by atoms with Crippen LogP contribution in [0.3, 0.4) is 0 Å². The van der Waals surface area contributed by atoms with Crippen LogP contribution in [0.15, 0.2) is 24.3 Å². The summed E-state index contributed by atoms with van der Waals surface area (Å²) in [7, 11) is 0. The monoisotopic (exact) mass is 243 g/mol. The molecule has 0 aliphatic heterocycles. The second-order valence-corrected chi connectivity index (χ2v) is 4.69. The van der Waals surface area contributed by atoms with Crippen LogP contribution in [0.4, 0.5) is 0 Å². The number of benzene rings is 1. The standard InChI is InChI=1S/C13H17N5/c14-8-3-9-18-13(15-16-17-18)12-7-6-10-4-1-2-5-11(10)12/h1-2,4-5,12H,3,6-9,14H2. The number of tetrazole rings is 1. The molecule has 2 aromatic rings. The Bertz CT molecular complexity index is 534. The Labute approximate surface area is 106 Å². The number of nitrogens with two attached hydrogens (primary N) is 1. The van der Waals surface area contributed by atoms with Gasteiger partial charge in [0.2, 0.25) is 0 Å². The molecule has 0 bridgehead atoms. The van der Waals surface area contributed by atoms with Gasteiger partial charge in [0.15, 0.2) is 5.82 Å². The van der Waals surface area contributed by atoms with E-state index in [1.807, 2.05) is 4.68 Å². The van der Waals surface area contributed by atoms with Gasteiger partial charge in [0, 0.05) is 12.5 Å². The van der Waals surface area contributed by atoms with Crippen molar-refractivity contribution in [2.24, 2.45) is 5.73 Å². The zero-order valence-electron chi connectivity index (χ0n) is 10.3. The van der Waals surface area contributed by atoms with Crippen LogP contribution in [0.25, 0.3) is 0 Å². The van der Waals surface area contributed by atoms with Gasteiger partial charge in [-0.2, -0.15) is 0 Å². The fraction of sp³-hybridized carbons (Fsp3) is 0.462. The predicted octanol–water partition coefficient (Wildman–Crippen LogP) is 1.10. The average molecular weight is 243 g/mol. The van der Waals surface area contributed by atoms with Gasteiger partial charge in [-0.1, -0.05) is 24.3 Å². The number of nitrogens with zero attached hydrogens (tertiary/aromatic N) is 4. The summed E-state index contributed by atoms with van der Waals surface area (Å²) in [5, 5.41) is 12.1. The molecule has 0 saturated heterocycles. The lowest BCUT2D eigenvalue weighted by atomic mass is 10.0. The van der Waals surface area contributed by atoms with E-state index in [4.69, 9.17) is 5.73 Å². The topological polar surface area (TPSA) is 69.6 Å². The van der Waals surface area contributed by atoms with E-state index >= 15 is 0 Å². The fourth-order valence-corrected chi connectivity index (χ4v) is 2.69. The van der Waals surface area contributed by atoms with E-state index in [9.17, 15) is 0 Å². The van der Waals surface area contributed by atoms with E-state index in [2.05, 4.69) is 39.8 Å². The number of hydrogen-bond donors (Lipinski definition) is 1. The first-order valence-electron chi connectivity index (χ1n) is 6.44. The van der Waals surface area contributed by atoms with Crippen molar-refractivity contribution in [2.45, 2.75) is 31.7 Å². The second-order valence-electron chi connectivity index (χ2n) is 4.69. The van der Waals surface area contributed by atoms with Crippen LogP contribution in [0.5, 0.6) is 0 Å². The zero-order valence-corrected chi connectivity index (χ0v) is 10.3. The maximum absolute atomic E-state index is 5.54. The zero-order chi connectivity index (χ0) is 12.4. The van der Waals surface area contributed by atoms with E-state index < -0.39 is 0 Å². The van der Waals surface area contributed by atoms with Gasteiger partial charge in [-0.25, -0.2) is 4.68 Å². The number of hydrogen-bond acceptors (Lipinski definition) is 4. The Hall–Kier alpha value is -1.75. The van der Waals surface area contributed by atoms with E-state index in [0.29, 0.717) is 12.5 Å². The summed E-state index contributed by atoms with van der Waals surface area (Å²) < 4.78 is 1.90. The van der Waals surface area contributed by atoms with Gasteiger partial charge >= 0.3 is 0 Å². The summed E-state index contributed by atoms with van der Waals surface area (Å²) in [6, 6.07) is 8.57. The molecule has 1 aromatic carbocycles. The van der Waals surface area contributed by atoms with Gasteiger partial charge in [0.05, 0.1) is 0 Å². The van der Waals surface area contributed by atoms with Gasteiger partial charge < -0.3 is 5.73 Å². The molecule has 1 atom stereocenters. The van der Waals surface area contributed by atoms with E-state index in [0.717, 1.165) is 31.6 Å². The first-order chi connectivity index (χ1) is 8.90. The molecule has 1 unspecified atom stereocenters. The van der Waals surface area contributed by atoms with Crippen molar-refractivity contribution in [1.29, 1.82) is 0 Å². The molecule has 0 radical (unpaired) electrons. The molecule has 5 nitrogen and oxygen atoms in total. The van der Waals surface area contributed by atoms with Crippen molar-refractivity contribution in [2.75, 3.05) is 6.54 Å². The smallest absolute Gasteiger partial charge is 0.158 e. The summed E-state index contributed by atoms with van der Waals surface area (Å²) in [6.07, 6.45) is 3.12. The molecule has 1 aromatic heterocycles. The number of aryl methyl sites for hydroxylation is 2. The predicted molar refractivity (Wildman–Crippen MR) is 68.1 cm³/mol. The Morgan fingerprint density at radius 2 is 2.22 bits per heavy atom. The molecule has 2 N–H and O–H groups in total. The SMILES string of the molecule is NCCCn1nnnc1C1CCc2ccccc21. The first-order valence-corrected chi connectivity index (χ1v) is 6.44. The Balaban J connectivity index is 1.90. The molecule has 1 heterocycles. The highest BCUT2D eigenvalue weighted by molar-refractivity contribution is 5.38. The number of rotatable bonds is 4. The first kappa shape index (κ1) is 11.3. The van der Waals surface area contributed by atoms with Crippen LogP contribution in [0.1, 0.15) is 35.7 Å². The molecule has 3 rings (SSSR count). The minimum absolute atomic E-state index is 0.342. The van der Waals surface area contributed by atoms with Crippen molar-refractivity contribution in [3.8, 4) is 0 Å². The van der Waals surface area contributed by atoms with Gasteiger partial charge in [-0.3, -0.25) is 0 Å². The molecule has 94 valence electrons. The van der Waals surface area contributed by atoms with Crippen LogP contribution in [0.2, 0.25) is 0 Å². The molecule has 0 fully saturated rings. The third kappa shape index (κ3) is 1.90. The minimum atomic E-state index is 0.342. The molecule has 1 aliphatic rings. The van der Waals surface area contributed by atoms with Crippen molar-refractivity contribution >= 4 is 0 Å². The van der Waals surface area contributed by atoms with Crippen molar-refractivity contribution < 1.29 is 0 Å². The highest BCUT2D eigenvalue weighted by Crippen LogP contribution is 2.36. The largest absolute Gasteiger partial charge is 0.330 e. The molecule has 1 aliphatic carbocycles. The Kier molecular flexibility index (Phi) is 3.06. The van der Waals surface area contributed by atoms with Gasteiger partial charge in [0.1, 0.15) is 0 Å². The van der Waals surface area contributed by atoms with Gasteiger partial charge in [0.25, 0.3) is 0 Å². The van der Waals surface area contributed by atoms with E-state index in [1.54, 1.807) is 0 Å². The van der Waals surface area contributed by atoms with Crippen molar-refractivity contribution in [3.05, 3.63) is 41.2 Å². The van der Waals surface area contributed by atoms with Crippen LogP contribution >= 0.6 is 0 Å². The summed E-state index contributed by atoms with van der Waals surface area (Å²) in [5.41, 5.74) is 8.35. The third-order valence-electron chi connectivity index (χ3n) is 3.58. The molecule has 0 spiro atoms. The molecular formula is C13H17N5. The van der Waals surface area contributed by atoms with Crippen molar-refractivity contribution in [1.82, 2.24) is 20.2 Å². The lowest BCUT2D eigenvalue weighted by molar-refractivity contribution is 0.527. The fourth-order valence-electron chi connectivity index (χ4n) is 2.69. The second kappa shape index (κ2) is 4.86. The molecule has 0 saturated carbocycles. The Morgan fingerprint density at radius 3 is 3.11 bits per heavy atom. The van der Waals surface area contributed by atoms with Crippen LogP contribution in [0, 0.1) is 0 Å².